The number of amides is 2. The molecule has 142 valence electrons. The van der Waals surface area contributed by atoms with Gasteiger partial charge in [-0.1, -0.05) is 31.2 Å². The summed E-state index contributed by atoms with van der Waals surface area (Å²) in [5.74, 6) is -0.521. The number of carbonyl (C=O) groups is 2. The summed E-state index contributed by atoms with van der Waals surface area (Å²) < 4.78 is 30.8. The van der Waals surface area contributed by atoms with Crippen molar-refractivity contribution in [3.63, 3.8) is 0 Å². The van der Waals surface area contributed by atoms with Crippen LogP contribution in [-0.4, -0.2) is 38.2 Å². The molecule has 2 aromatic carbocycles. The van der Waals surface area contributed by atoms with E-state index in [-0.39, 0.29) is 16.5 Å². The fraction of sp³-hybridized carbons (Fsp3) is 0.263. The zero-order chi connectivity index (χ0) is 19.6. The Labute approximate surface area is 158 Å². The lowest BCUT2D eigenvalue weighted by Gasteiger charge is -2.20. The van der Waals surface area contributed by atoms with Gasteiger partial charge in [0.25, 0.3) is 15.9 Å². The highest BCUT2D eigenvalue weighted by molar-refractivity contribution is 7.90. The zero-order valence-corrected chi connectivity index (χ0v) is 15.8. The van der Waals surface area contributed by atoms with Crippen molar-refractivity contribution < 1.29 is 22.7 Å². The van der Waals surface area contributed by atoms with E-state index < -0.39 is 28.4 Å². The molecule has 0 aromatic heterocycles. The summed E-state index contributed by atoms with van der Waals surface area (Å²) >= 11 is 0. The van der Waals surface area contributed by atoms with Gasteiger partial charge in [-0.2, -0.15) is 0 Å². The smallest absolute Gasteiger partial charge is 0.269 e. The van der Waals surface area contributed by atoms with Crippen molar-refractivity contribution in [2.24, 2.45) is 0 Å². The first-order chi connectivity index (χ1) is 12.9. The van der Waals surface area contributed by atoms with Crippen LogP contribution in [0.5, 0.6) is 5.75 Å². The molecule has 0 saturated carbocycles. The summed E-state index contributed by atoms with van der Waals surface area (Å²) in [6.07, 6.45) is 0.610. The molecular weight excluding hydrogens is 368 g/mol. The van der Waals surface area contributed by atoms with E-state index in [4.69, 9.17) is 4.74 Å². The molecule has 0 spiro atoms. The third-order valence-electron chi connectivity index (χ3n) is 4.46. The minimum Gasteiger partial charge on any atom is -0.497 e. The van der Waals surface area contributed by atoms with Gasteiger partial charge >= 0.3 is 0 Å². The Kier molecular flexibility index (Phi) is 5.18. The quantitative estimate of drug-likeness (QED) is 0.818. The molecule has 0 fully saturated rings. The second-order valence-electron chi connectivity index (χ2n) is 6.11. The van der Waals surface area contributed by atoms with Gasteiger partial charge in [-0.3, -0.25) is 9.59 Å². The van der Waals surface area contributed by atoms with Gasteiger partial charge in [0.1, 0.15) is 17.2 Å². The van der Waals surface area contributed by atoms with E-state index in [1.165, 1.54) is 12.1 Å². The highest BCUT2D eigenvalue weighted by Gasteiger charge is 2.41. The molecule has 1 heterocycles. The van der Waals surface area contributed by atoms with Crippen LogP contribution >= 0.6 is 0 Å². The molecular formula is C19H20N2O5S. The first-order valence-corrected chi connectivity index (χ1v) is 9.92. The third kappa shape index (κ3) is 3.52. The molecule has 27 heavy (non-hydrogen) atoms. The molecule has 1 atom stereocenters. The van der Waals surface area contributed by atoms with E-state index in [1.54, 1.807) is 31.4 Å². The van der Waals surface area contributed by atoms with Crippen LogP contribution < -0.4 is 10.1 Å². The minimum absolute atomic E-state index is 0.0648. The standard InChI is InChI=1S/C19H20N2O5S/c1-3-16(13-8-10-14(26-2)11-9-13)20-18(22)12-21-19(23)15-6-4-5-7-17(15)27(21,24)25/h4-11,16H,3,12H2,1-2H3,(H,20,22)/t16-/m1/s1. The topological polar surface area (TPSA) is 92.8 Å². The van der Waals surface area contributed by atoms with Gasteiger partial charge in [-0.05, 0) is 36.2 Å². The van der Waals surface area contributed by atoms with Gasteiger partial charge in [-0.25, -0.2) is 12.7 Å². The number of ether oxygens (including phenoxy) is 1. The van der Waals surface area contributed by atoms with Crippen molar-refractivity contribution in [1.29, 1.82) is 0 Å². The summed E-state index contributed by atoms with van der Waals surface area (Å²) in [5.41, 5.74) is 0.957. The van der Waals surface area contributed by atoms with E-state index in [9.17, 15) is 18.0 Å². The highest BCUT2D eigenvalue weighted by Crippen LogP contribution is 2.29. The van der Waals surface area contributed by atoms with Crippen LogP contribution in [0.15, 0.2) is 53.4 Å². The van der Waals surface area contributed by atoms with Gasteiger partial charge in [-0.15, -0.1) is 0 Å². The second-order valence-corrected chi connectivity index (χ2v) is 7.95. The van der Waals surface area contributed by atoms with Crippen molar-refractivity contribution >= 4 is 21.8 Å². The summed E-state index contributed by atoms with van der Waals surface area (Å²) in [6.45, 7) is 1.35. The number of nitrogens with one attached hydrogen (secondary N) is 1. The Morgan fingerprint density at radius 1 is 1.15 bits per heavy atom. The first-order valence-electron chi connectivity index (χ1n) is 8.48. The maximum absolute atomic E-state index is 12.5. The number of nitrogens with zero attached hydrogens (tertiary/aromatic N) is 1. The van der Waals surface area contributed by atoms with E-state index in [2.05, 4.69) is 5.32 Å². The molecule has 0 radical (unpaired) electrons. The molecule has 1 aliphatic rings. The van der Waals surface area contributed by atoms with E-state index in [0.29, 0.717) is 16.5 Å². The molecule has 0 aliphatic carbocycles. The van der Waals surface area contributed by atoms with E-state index in [1.807, 2.05) is 19.1 Å². The van der Waals surface area contributed by atoms with Crippen LogP contribution in [0.3, 0.4) is 0 Å². The lowest BCUT2D eigenvalue weighted by Crippen LogP contribution is -2.41. The van der Waals surface area contributed by atoms with Crippen molar-refractivity contribution in [1.82, 2.24) is 9.62 Å². The van der Waals surface area contributed by atoms with Gasteiger partial charge < -0.3 is 10.1 Å². The van der Waals surface area contributed by atoms with Gasteiger partial charge in [0.2, 0.25) is 5.91 Å². The van der Waals surface area contributed by atoms with E-state index >= 15 is 0 Å². The molecule has 0 saturated heterocycles. The monoisotopic (exact) mass is 388 g/mol. The zero-order valence-electron chi connectivity index (χ0n) is 15.0. The molecule has 2 amide bonds. The number of fused-ring (bicyclic) bond motifs is 1. The SMILES string of the molecule is CC[C@@H](NC(=O)CN1C(=O)c2ccccc2S1(=O)=O)c1ccc(OC)cc1. The molecule has 1 N–H and O–H groups in total. The number of carbonyl (C=O) groups excluding carboxylic acids is 2. The van der Waals surface area contributed by atoms with Crippen LogP contribution in [-0.2, 0) is 14.8 Å². The molecule has 3 rings (SSSR count). The van der Waals surface area contributed by atoms with Crippen molar-refractivity contribution in [2.45, 2.75) is 24.3 Å². The lowest BCUT2D eigenvalue weighted by atomic mass is 10.0. The van der Waals surface area contributed by atoms with Crippen LogP contribution in [0.2, 0.25) is 0 Å². The number of hydrogen-bond donors (Lipinski definition) is 1. The lowest BCUT2D eigenvalue weighted by molar-refractivity contribution is -0.121. The number of methoxy groups -OCH3 is 1. The maximum Gasteiger partial charge on any atom is 0.269 e. The van der Waals surface area contributed by atoms with Gasteiger partial charge in [0, 0.05) is 0 Å². The third-order valence-corrected chi connectivity index (χ3v) is 6.25. The number of sulfonamides is 1. The number of rotatable bonds is 6. The Hall–Kier alpha value is -2.87. The molecule has 1 aliphatic heterocycles. The summed E-state index contributed by atoms with van der Waals surface area (Å²) in [4.78, 5) is 24.8. The van der Waals surface area contributed by atoms with Crippen LogP contribution in [0, 0.1) is 0 Å². The Bertz CT molecular complexity index is 970. The fourth-order valence-electron chi connectivity index (χ4n) is 3.01. The first kappa shape index (κ1) is 18.9. The molecule has 7 nitrogen and oxygen atoms in total. The van der Waals surface area contributed by atoms with E-state index in [0.717, 1.165) is 5.56 Å². The van der Waals surface area contributed by atoms with Crippen LogP contribution in [0.4, 0.5) is 0 Å². The number of benzene rings is 2. The highest BCUT2D eigenvalue weighted by atomic mass is 32.2. The average molecular weight is 388 g/mol. The Balaban J connectivity index is 1.74. The second kappa shape index (κ2) is 7.40. The van der Waals surface area contributed by atoms with Crippen molar-refractivity contribution in [3.8, 4) is 5.75 Å². The fourth-order valence-corrected chi connectivity index (χ4v) is 4.54. The molecule has 8 heteroatoms. The van der Waals surface area contributed by atoms with Crippen LogP contribution in [0.1, 0.15) is 35.3 Å². The molecule has 2 aromatic rings. The van der Waals surface area contributed by atoms with Crippen LogP contribution in [0.25, 0.3) is 0 Å². The van der Waals surface area contributed by atoms with Gasteiger partial charge in [0.05, 0.1) is 18.7 Å². The maximum atomic E-state index is 12.5. The summed E-state index contributed by atoms with van der Waals surface area (Å²) in [6, 6.07) is 12.9. The Morgan fingerprint density at radius 3 is 2.41 bits per heavy atom. The summed E-state index contributed by atoms with van der Waals surface area (Å²) in [5, 5.41) is 2.79. The Morgan fingerprint density at radius 2 is 1.81 bits per heavy atom. The minimum atomic E-state index is -4.00. The average Bonchev–Trinajstić information content (AvgIpc) is 2.87. The number of hydrogen-bond acceptors (Lipinski definition) is 5. The summed E-state index contributed by atoms with van der Waals surface area (Å²) in [7, 11) is -2.43. The predicted molar refractivity (Wildman–Crippen MR) is 98.8 cm³/mol. The molecule has 0 unspecified atom stereocenters. The van der Waals surface area contributed by atoms with Crippen molar-refractivity contribution in [3.05, 3.63) is 59.7 Å². The largest absolute Gasteiger partial charge is 0.497 e. The van der Waals surface area contributed by atoms with Crippen molar-refractivity contribution in [2.75, 3.05) is 13.7 Å². The molecule has 0 bridgehead atoms. The predicted octanol–water partition coefficient (Wildman–Crippen LogP) is 2.11. The van der Waals surface area contributed by atoms with Gasteiger partial charge in [0.15, 0.2) is 0 Å². The normalized spacial score (nSPS) is 15.9.